The molecule has 4 rings (SSSR count). The fourth-order valence-electron chi connectivity index (χ4n) is 3.71. The first-order valence-corrected chi connectivity index (χ1v) is 9.85. The molecule has 0 unspecified atom stereocenters. The van der Waals surface area contributed by atoms with Gasteiger partial charge in [0.2, 0.25) is 0 Å². The Hall–Kier alpha value is -3.81. The third-order valence-electron chi connectivity index (χ3n) is 5.35. The zero-order chi connectivity index (χ0) is 22.9. The number of alkyl halides is 3. The molecule has 1 aromatic heterocycles. The van der Waals surface area contributed by atoms with Gasteiger partial charge in [0.05, 0.1) is 5.56 Å². The Morgan fingerprint density at radius 3 is 2.50 bits per heavy atom. The third kappa shape index (κ3) is 4.16. The number of fused-ring (bicyclic) bond motifs is 1. The topological polar surface area (TPSA) is 63.2 Å². The van der Waals surface area contributed by atoms with E-state index in [4.69, 9.17) is 0 Å². The van der Waals surface area contributed by atoms with Crippen LogP contribution in [0, 0.1) is 0 Å². The van der Waals surface area contributed by atoms with Gasteiger partial charge in [-0.25, -0.2) is 9.97 Å². The van der Waals surface area contributed by atoms with E-state index in [0.717, 1.165) is 23.3 Å². The summed E-state index contributed by atoms with van der Waals surface area (Å²) in [6.07, 6.45) is -1.06. The Morgan fingerprint density at radius 2 is 1.81 bits per heavy atom. The number of ketones is 1. The van der Waals surface area contributed by atoms with Crippen LogP contribution in [0.4, 0.5) is 13.2 Å². The van der Waals surface area contributed by atoms with Gasteiger partial charge in [-0.05, 0) is 41.8 Å². The van der Waals surface area contributed by atoms with E-state index < -0.39 is 11.7 Å². The van der Waals surface area contributed by atoms with Crippen molar-refractivity contribution in [1.29, 1.82) is 0 Å². The molecule has 0 bridgehead atoms. The highest BCUT2D eigenvalue weighted by molar-refractivity contribution is 6.10. The second-order valence-corrected chi connectivity index (χ2v) is 7.33. The molecule has 0 aliphatic carbocycles. The Kier molecular flexibility index (Phi) is 5.61. The van der Waals surface area contributed by atoms with E-state index >= 15 is 0 Å². The number of aromatic nitrogens is 2. The van der Waals surface area contributed by atoms with E-state index in [1.54, 1.807) is 17.0 Å². The van der Waals surface area contributed by atoms with E-state index in [9.17, 15) is 22.8 Å². The molecule has 1 aliphatic rings. The van der Waals surface area contributed by atoms with Gasteiger partial charge in [0, 0.05) is 30.4 Å². The van der Waals surface area contributed by atoms with Gasteiger partial charge < -0.3 is 4.90 Å². The summed E-state index contributed by atoms with van der Waals surface area (Å²) in [6.45, 7) is 4.29. The van der Waals surface area contributed by atoms with Gasteiger partial charge in [0.1, 0.15) is 5.69 Å². The molecule has 32 heavy (non-hydrogen) atoms. The molecule has 8 heteroatoms. The summed E-state index contributed by atoms with van der Waals surface area (Å²) in [5.41, 5.74) is 1.70. The Balaban J connectivity index is 1.57. The van der Waals surface area contributed by atoms with Crippen LogP contribution in [0.3, 0.4) is 0 Å². The molecular formula is C24H18F3N3O2. The minimum absolute atomic E-state index is 0.183. The molecule has 0 N–H and O–H groups in total. The average molecular weight is 437 g/mol. The van der Waals surface area contributed by atoms with E-state index in [2.05, 4.69) is 16.5 Å². The van der Waals surface area contributed by atoms with Crippen molar-refractivity contribution in [3.05, 3.63) is 101 Å². The quantitative estimate of drug-likeness (QED) is 0.561. The summed E-state index contributed by atoms with van der Waals surface area (Å²) in [7, 11) is 0. The molecule has 162 valence electrons. The molecule has 3 aromatic rings. The standard InChI is InChI=1S/C24H18F3N3O2/c1-2-21-28-12-10-20(29-21)23(32)30-13-11-18-16(14-30)4-3-5-19(18)22(31)15-6-8-17(9-7-15)24(25,26)27/h2-10,12H,1,11,13-14H2. The summed E-state index contributed by atoms with van der Waals surface area (Å²) in [6, 6.07) is 10.9. The SMILES string of the molecule is C=Cc1nccc(C(=O)N2CCc3c(cccc3C(=O)c3ccc(C(F)(F)F)cc3)C2)n1. The molecule has 2 aromatic carbocycles. The van der Waals surface area contributed by atoms with Gasteiger partial charge in [0.15, 0.2) is 11.6 Å². The summed E-state index contributed by atoms with van der Waals surface area (Å²) in [4.78, 5) is 35.7. The molecule has 1 aliphatic heterocycles. The van der Waals surface area contributed by atoms with Crippen molar-refractivity contribution in [2.24, 2.45) is 0 Å². The summed E-state index contributed by atoms with van der Waals surface area (Å²) < 4.78 is 38.4. The van der Waals surface area contributed by atoms with Crippen LogP contribution in [0.1, 0.15) is 48.9 Å². The lowest BCUT2D eigenvalue weighted by Crippen LogP contribution is -2.37. The van der Waals surface area contributed by atoms with Crippen molar-refractivity contribution in [3.63, 3.8) is 0 Å². The molecule has 0 radical (unpaired) electrons. The number of hydrogen-bond donors (Lipinski definition) is 0. The minimum Gasteiger partial charge on any atom is -0.333 e. The van der Waals surface area contributed by atoms with Crippen molar-refractivity contribution in [1.82, 2.24) is 14.9 Å². The van der Waals surface area contributed by atoms with E-state index in [0.29, 0.717) is 30.9 Å². The monoisotopic (exact) mass is 437 g/mol. The highest BCUT2D eigenvalue weighted by atomic mass is 19.4. The van der Waals surface area contributed by atoms with E-state index in [-0.39, 0.29) is 22.9 Å². The Morgan fingerprint density at radius 1 is 1.06 bits per heavy atom. The van der Waals surface area contributed by atoms with Crippen LogP contribution in [-0.2, 0) is 19.1 Å². The molecular weight excluding hydrogens is 419 g/mol. The molecule has 5 nitrogen and oxygen atoms in total. The Bertz CT molecular complexity index is 1200. The molecule has 0 fully saturated rings. The highest BCUT2D eigenvalue weighted by Gasteiger charge is 2.31. The van der Waals surface area contributed by atoms with Gasteiger partial charge >= 0.3 is 6.18 Å². The van der Waals surface area contributed by atoms with Crippen molar-refractivity contribution >= 4 is 17.8 Å². The summed E-state index contributed by atoms with van der Waals surface area (Å²) in [5.74, 6) is -0.236. The number of rotatable bonds is 4. The van der Waals surface area contributed by atoms with Crippen molar-refractivity contribution in [2.75, 3.05) is 6.54 Å². The zero-order valence-electron chi connectivity index (χ0n) is 16.9. The fourth-order valence-corrected chi connectivity index (χ4v) is 3.71. The summed E-state index contributed by atoms with van der Waals surface area (Å²) in [5, 5.41) is 0. The first-order chi connectivity index (χ1) is 15.3. The zero-order valence-corrected chi connectivity index (χ0v) is 16.9. The number of hydrogen-bond acceptors (Lipinski definition) is 4. The van der Waals surface area contributed by atoms with Crippen LogP contribution in [0.15, 0.2) is 61.3 Å². The second kappa shape index (κ2) is 8.37. The van der Waals surface area contributed by atoms with Crippen LogP contribution >= 0.6 is 0 Å². The predicted octanol–water partition coefficient (Wildman–Crippen LogP) is 4.57. The number of carbonyl (C=O) groups is 2. The van der Waals surface area contributed by atoms with Crippen LogP contribution in [0.5, 0.6) is 0 Å². The van der Waals surface area contributed by atoms with Crippen LogP contribution in [0.25, 0.3) is 6.08 Å². The van der Waals surface area contributed by atoms with Crippen LogP contribution < -0.4 is 0 Å². The highest BCUT2D eigenvalue weighted by Crippen LogP contribution is 2.30. The number of halogens is 3. The molecule has 0 atom stereocenters. The molecule has 1 amide bonds. The smallest absolute Gasteiger partial charge is 0.333 e. The lowest BCUT2D eigenvalue weighted by atomic mass is 9.90. The van der Waals surface area contributed by atoms with Gasteiger partial charge in [-0.2, -0.15) is 13.2 Å². The molecule has 0 saturated heterocycles. The first kappa shape index (κ1) is 21.4. The van der Waals surface area contributed by atoms with Crippen molar-refractivity contribution in [3.8, 4) is 0 Å². The van der Waals surface area contributed by atoms with Gasteiger partial charge in [-0.1, -0.05) is 36.9 Å². The number of benzene rings is 2. The van der Waals surface area contributed by atoms with Crippen LogP contribution in [0.2, 0.25) is 0 Å². The van der Waals surface area contributed by atoms with E-state index in [1.807, 2.05) is 6.07 Å². The largest absolute Gasteiger partial charge is 0.416 e. The number of nitrogens with zero attached hydrogens (tertiary/aromatic N) is 3. The van der Waals surface area contributed by atoms with Crippen LogP contribution in [-0.4, -0.2) is 33.1 Å². The summed E-state index contributed by atoms with van der Waals surface area (Å²) >= 11 is 0. The third-order valence-corrected chi connectivity index (χ3v) is 5.35. The molecule has 0 saturated carbocycles. The predicted molar refractivity (Wildman–Crippen MR) is 112 cm³/mol. The van der Waals surface area contributed by atoms with Crippen molar-refractivity contribution < 1.29 is 22.8 Å². The van der Waals surface area contributed by atoms with Gasteiger partial charge in [-0.3, -0.25) is 9.59 Å². The Labute approximate surface area is 182 Å². The normalized spacial score (nSPS) is 13.4. The van der Waals surface area contributed by atoms with Gasteiger partial charge in [-0.15, -0.1) is 0 Å². The fraction of sp³-hybridized carbons (Fsp3) is 0.167. The lowest BCUT2D eigenvalue weighted by molar-refractivity contribution is -0.137. The van der Waals surface area contributed by atoms with Gasteiger partial charge in [0.25, 0.3) is 5.91 Å². The van der Waals surface area contributed by atoms with Crippen molar-refractivity contribution in [2.45, 2.75) is 19.1 Å². The maximum absolute atomic E-state index is 13.0. The van der Waals surface area contributed by atoms with E-state index in [1.165, 1.54) is 30.5 Å². The molecule has 0 spiro atoms. The minimum atomic E-state index is -4.46. The average Bonchev–Trinajstić information content (AvgIpc) is 2.82. The maximum Gasteiger partial charge on any atom is 0.416 e. The number of amides is 1. The maximum atomic E-state index is 13.0. The second-order valence-electron chi connectivity index (χ2n) is 7.33. The number of carbonyl (C=O) groups excluding carboxylic acids is 2. The lowest BCUT2D eigenvalue weighted by Gasteiger charge is -2.29. The first-order valence-electron chi connectivity index (χ1n) is 9.85. The molecule has 2 heterocycles.